The third kappa shape index (κ3) is 5.99. The molecule has 2 rings (SSSR count). The quantitative estimate of drug-likeness (QED) is 0.815. The molecule has 1 aliphatic rings. The first-order valence-corrected chi connectivity index (χ1v) is 9.19. The molecule has 1 fully saturated rings. The van der Waals surface area contributed by atoms with E-state index in [0.717, 1.165) is 12.2 Å². The van der Waals surface area contributed by atoms with Crippen LogP contribution in [0.5, 0.6) is 5.75 Å². The lowest BCUT2D eigenvalue weighted by atomic mass is 9.78. The van der Waals surface area contributed by atoms with Crippen LogP contribution in [-0.2, 0) is 4.79 Å². The fourth-order valence-electron chi connectivity index (χ4n) is 3.21. The van der Waals surface area contributed by atoms with E-state index in [9.17, 15) is 4.79 Å². The van der Waals surface area contributed by atoms with Crippen LogP contribution in [0.25, 0.3) is 0 Å². The average Bonchev–Trinajstić information content (AvgIpc) is 2.53. The van der Waals surface area contributed by atoms with Gasteiger partial charge in [0.25, 0.3) is 0 Å². The number of likely N-dealkylation sites (N-methyl/N-ethyl adjacent to an activating group) is 1. The Hall–Kier alpha value is -1.26. The predicted molar refractivity (Wildman–Crippen MR) is 98.6 cm³/mol. The highest BCUT2D eigenvalue weighted by Gasteiger charge is 2.28. The van der Waals surface area contributed by atoms with Crippen LogP contribution < -0.4 is 10.1 Å². The van der Waals surface area contributed by atoms with Crippen molar-refractivity contribution in [3.05, 3.63) is 29.3 Å². The highest BCUT2D eigenvalue weighted by Crippen LogP contribution is 2.29. The van der Waals surface area contributed by atoms with Crippen molar-refractivity contribution in [1.82, 2.24) is 10.2 Å². The standard InChI is InChI=1S/C19H29ClN2O2/c1-14-5-4-6-18(15(14)2)21-19(23)13-22(3)11-12-24-17-9-7-16(20)8-10-17/h7-10,14-15,18H,4-6,11-13H2,1-3H3,(H,21,23)/t14-,15-,18+/m1/s1. The smallest absolute Gasteiger partial charge is 0.234 e. The molecule has 4 nitrogen and oxygen atoms in total. The van der Waals surface area contributed by atoms with E-state index in [1.54, 1.807) is 12.1 Å². The van der Waals surface area contributed by atoms with Crippen molar-refractivity contribution < 1.29 is 9.53 Å². The van der Waals surface area contributed by atoms with Crippen molar-refractivity contribution in [2.45, 2.75) is 39.2 Å². The molecule has 0 aliphatic heterocycles. The van der Waals surface area contributed by atoms with Gasteiger partial charge >= 0.3 is 0 Å². The molecule has 24 heavy (non-hydrogen) atoms. The number of carbonyl (C=O) groups excluding carboxylic acids is 1. The van der Waals surface area contributed by atoms with Crippen LogP contribution in [0.3, 0.4) is 0 Å². The van der Waals surface area contributed by atoms with Crippen molar-refractivity contribution in [3.8, 4) is 5.75 Å². The first kappa shape index (κ1) is 19.1. The number of amides is 1. The topological polar surface area (TPSA) is 41.6 Å². The van der Waals surface area contributed by atoms with Crippen LogP contribution in [0.1, 0.15) is 33.1 Å². The molecule has 1 aromatic carbocycles. The predicted octanol–water partition coefficient (Wildman–Crippen LogP) is 3.59. The van der Waals surface area contributed by atoms with Crippen molar-refractivity contribution in [1.29, 1.82) is 0 Å². The second kappa shape index (κ2) is 9.28. The summed E-state index contributed by atoms with van der Waals surface area (Å²) in [7, 11) is 1.94. The maximum absolute atomic E-state index is 12.2. The zero-order valence-corrected chi connectivity index (χ0v) is 15.7. The molecule has 0 radical (unpaired) electrons. The Morgan fingerprint density at radius 2 is 2.00 bits per heavy atom. The summed E-state index contributed by atoms with van der Waals surface area (Å²) >= 11 is 5.84. The summed E-state index contributed by atoms with van der Waals surface area (Å²) in [5, 5.41) is 3.90. The number of ether oxygens (including phenoxy) is 1. The molecule has 1 aliphatic carbocycles. The molecule has 1 amide bonds. The number of benzene rings is 1. The molecule has 1 N–H and O–H groups in total. The Morgan fingerprint density at radius 1 is 1.29 bits per heavy atom. The minimum absolute atomic E-state index is 0.106. The third-order valence-electron chi connectivity index (χ3n) is 5.02. The van der Waals surface area contributed by atoms with E-state index in [4.69, 9.17) is 16.3 Å². The van der Waals surface area contributed by atoms with E-state index in [0.29, 0.717) is 42.6 Å². The first-order chi connectivity index (χ1) is 11.5. The molecular formula is C19H29ClN2O2. The van der Waals surface area contributed by atoms with E-state index in [-0.39, 0.29) is 5.91 Å². The Morgan fingerprint density at radius 3 is 2.71 bits per heavy atom. The summed E-state index contributed by atoms with van der Waals surface area (Å²) in [4.78, 5) is 14.2. The second-order valence-corrected chi connectivity index (χ2v) is 7.42. The number of nitrogens with one attached hydrogen (secondary N) is 1. The molecule has 1 aromatic rings. The van der Waals surface area contributed by atoms with E-state index in [1.165, 1.54) is 12.8 Å². The lowest BCUT2D eigenvalue weighted by Gasteiger charge is -2.35. The van der Waals surface area contributed by atoms with Gasteiger partial charge in [-0.05, 0) is 49.6 Å². The zero-order chi connectivity index (χ0) is 17.5. The summed E-state index contributed by atoms with van der Waals surface area (Å²) in [5.41, 5.74) is 0. The van der Waals surface area contributed by atoms with Gasteiger partial charge in [0, 0.05) is 17.6 Å². The summed E-state index contributed by atoms with van der Waals surface area (Å²) in [6, 6.07) is 7.63. The Bertz CT molecular complexity index is 521. The highest BCUT2D eigenvalue weighted by atomic mass is 35.5. The minimum Gasteiger partial charge on any atom is -0.492 e. The van der Waals surface area contributed by atoms with Crippen molar-refractivity contribution in [3.63, 3.8) is 0 Å². The second-order valence-electron chi connectivity index (χ2n) is 6.98. The van der Waals surface area contributed by atoms with Gasteiger partial charge in [0.05, 0.1) is 6.54 Å². The monoisotopic (exact) mass is 352 g/mol. The molecule has 0 saturated heterocycles. The number of nitrogens with zero attached hydrogens (tertiary/aromatic N) is 1. The van der Waals surface area contributed by atoms with Crippen LogP contribution in [0.15, 0.2) is 24.3 Å². The molecule has 0 spiro atoms. The fourth-order valence-corrected chi connectivity index (χ4v) is 3.34. The Labute approximate surface area is 150 Å². The highest BCUT2D eigenvalue weighted by molar-refractivity contribution is 6.30. The molecule has 5 heteroatoms. The van der Waals surface area contributed by atoms with Crippen LogP contribution in [-0.4, -0.2) is 43.6 Å². The van der Waals surface area contributed by atoms with E-state index >= 15 is 0 Å². The van der Waals surface area contributed by atoms with Gasteiger partial charge in [0.2, 0.25) is 5.91 Å². The maximum atomic E-state index is 12.2. The summed E-state index contributed by atoms with van der Waals surface area (Å²) < 4.78 is 5.66. The molecule has 134 valence electrons. The summed E-state index contributed by atoms with van der Waals surface area (Å²) in [6.07, 6.45) is 3.58. The number of carbonyl (C=O) groups is 1. The average molecular weight is 353 g/mol. The van der Waals surface area contributed by atoms with Crippen molar-refractivity contribution >= 4 is 17.5 Å². The molecular weight excluding hydrogens is 324 g/mol. The lowest BCUT2D eigenvalue weighted by molar-refractivity contribution is -0.123. The van der Waals surface area contributed by atoms with Gasteiger partial charge in [-0.15, -0.1) is 0 Å². The van der Waals surface area contributed by atoms with Crippen LogP contribution >= 0.6 is 11.6 Å². The van der Waals surface area contributed by atoms with Gasteiger partial charge in [0.1, 0.15) is 12.4 Å². The number of hydrogen-bond acceptors (Lipinski definition) is 3. The molecule has 3 atom stereocenters. The van der Waals surface area contributed by atoms with Gasteiger partial charge in [0.15, 0.2) is 0 Å². The number of hydrogen-bond donors (Lipinski definition) is 1. The zero-order valence-electron chi connectivity index (χ0n) is 14.9. The Balaban J connectivity index is 1.66. The first-order valence-electron chi connectivity index (χ1n) is 8.82. The van der Waals surface area contributed by atoms with Crippen LogP contribution in [0.4, 0.5) is 0 Å². The molecule has 1 saturated carbocycles. The van der Waals surface area contributed by atoms with Gasteiger partial charge < -0.3 is 10.1 Å². The van der Waals surface area contributed by atoms with E-state index in [1.807, 2.05) is 24.1 Å². The third-order valence-corrected chi connectivity index (χ3v) is 5.27. The molecule has 0 heterocycles. The SMILES string of the molecule is C[C@@H]1[C@H](C)CCC[C@@H]1NC(=O)CN(C)CCOc1ccc(Cl)cc1. The van der Waals surface area contributed by atoms with Gasteiger partial charge in [-0.1, -0.05) is 38.3 Å². The van der Waals surface area contributed by atoms with Crippen LogP contribution in [0, 0.1) is 11.8 Å². The molecule has 0 bridgehead atoms. The normalized spacial score (nSPS) is 24.0. The lowest BCUT2D eigenvalue weighted by Crippen LogP contribution is -2.47. The van der Waals surface area contributed by atoms with Crippen molar-refractivity contribution in [2.75, 3.05) is 26.7 Å². The number of rotatable bonds is 7. The largest absolute Gasteiger partial charge is 0.492 e. The minimum atomic E-state index is 0.106. The fraction of sp³-hybridized carbons (Fsp3) is 0.632. The molecule has 0 unspecified atom stereocenters. The summed E-state index contributed by atoms with van der Waals surface area (Å²) in [5.74, 6) is 2.15. The van der Waals surface area contributed by atoms with Crippen LogP contribution in [0.2, 0.25) is 5.02 Å². The van der Waals surface area contributed by atoms with E-state index < -0.39 is 0 Å². The van der Waals surface area contributed by atoms with Gasteiger partial charge in [-0.2, -0.15) is 0 Å². The molecule has 0 aromatic heterocycles. The van der Waals surface area contributed by atoms with Gasteiger partial charge in [-0.25, -0.2) is 0 Å². The van der Waals surface area contributed by atoms with Crippen molar-refractivity contribution in [2.24, 2.45) is 11.8 Å². The number of halogens is 1. The maximum Gasteiger partial charge on any atom is 0.234 e. The van der Waals surface area contributed by atoms with Gasteiger partial charge in [-0.3, -0.25) is 9.69 Å². The van der Waals surface area contributed by atoms with E-state index in [2.05, 4.69) is 19.2 Å². The Kier molecular flexibility index (Phi) is 7.38. The summed E-state index contributed by atoms with van der Waals surface area (Å²) in [6.45, 7) is 6.18.